The van der Waals surface area contributed by atoms with Crippen molar-refractivity contribution >= 4 is 11.7 Å². The quantitative estimate of drug-likeness (QED) is 0.835. The predicted octanol–water partition coefficient (Wildman–Crippen LogP) is 3.54. The zero-order valence-corrected chi connectivity index (χ0v) is 15.2. The van der Waals surface area contributed by atoms with Crippen molar-refractivity contribution in [3.8, 4) is 11.5 Å². The molecule has 2 aromatic rings. The number of benzene rings is 1. The number of fused-ring (bicyclic) bond motifs is 1. The molecule has 0 N–H and O–H groups in total. The van der Waals surface area contributed by atoms with Crippen molar-refractivity contribution in [3.05, 3.63) is 47.7 Å². The van der Waals surface area contributed by atoms with Gasteiger partial charge >= 0.3 is 0 Å². The molecule has 0 bridgehead atoms. The Morgan fingerprint density at radius 3 is 2.80 bits per heavy atom. The largest absolute Gasteiger partial charge is 0.483 e. The molecule has 0 radical (unpaired) electrons. The number of carbonyl (C=O) groups excluding carboxylic acids is 1. The standard InChI is InChI=1S/C20H24N2O3/c1-5-22(17-10-9-14(2)12-21-17)18(23)13-24-16-8-6-7-15-11-20(3,4)25-19(15)16/h6-10,12H,5,11,13H2,1-4H3. The van der Waals surface area contributed by atoms with Gasteiger partial charge < -0.3 is 9.47 Å². The Morgan fingerprint density at radius 2 is 2.12 bits per heavy atom. The van der Waals surface area contributed by atoms with Crippen LogP contribution in [0.5, 0.6) is 11.5 Å². The summed E-state index contributed by atoms with van der Waals surface area (Å²) in [6.45, 7) is 8.46. The summed E-state index contributed by atoms with van der Waals surface area (Å²) < 4.78 is 11.8. The lowest BCUT2D eigenvalue weighted by Crippen LogP contribution is -2.35. The van der Waals surface area contributed by atoms with E-state index in [-0.39, 0.29) is 18.1 Å². The summed E-state index contributed by atoms with van der Waals surface area (Å²) >= 11 is 0. The van der Waals surface area contributed by atoms with Crippen molar-refractivity contribution in [2.24, 2.45) is 0 Å². The molecule has 0 saturated heterocycles. The summed E-state index contributed by atoms with van der Waals surface area (Å²) in [6.07, 6.45) is 2.59. The molecule has 0 aliphatic carbocycles. The van der Waals surface area contributed by atoms with Gasteiger partial charge in [0.15, 0.2) is 18.1 Å². The maximum Gasteiger partial charge on any atom is 0.266 e. The summed E-state index contributed by atoms with van der Waals surface area (Å²) in [5, 5.41) is 0. The molecule has 1 aliphatic heterocycles. The van der Waals surface area contributed by atoms with Gasteiger partial charge in [0.2, 0.25) is 0 Å². The minimum atomic E-state index is -0.243. The lowest BCUT2D eigenvalue weighted by atomic mass is 10.0. The van der Waals surface area contributed by atoms with Crippen LogP contribution in [-0.4, -0.2) is 29.6 Å². The molecule has 1 aliphatic rings. The Kier molecular flexibility index (Phi) is 4.66. The highest BCUT2D eigenvalue weighted by Gasteiger charge is 2.32. The molecule has 0 spiro atoms. The van der Waals surface area contributed by atoms with Crippen LogP contribution in [0.1, 0.15) is 31.9 Å². The number of hydrogen-bond acceptors (Lipinski definition) is 4. The van der Waals surface area contributed by atoms with Crippen LogP contribution in [0, 0.1) is 6.92 Å². The molecular weight excluding hydrogens is 316 g/mol. The molecule has 0 unspecified atom stereocenters. The van der Waals surface area contributed by atoms with Crippen molar-refractivity contribution in [1.82, 2.24) is 4.98 Å². The van der Waals surface area contributed by atoms with Crippen LogP contribution >= 0.6 is 0 Å². The van der Waals surface area contributed by atoms with Gasteiger partial charge in [0.05, 0.1) is 0 Å². The molecule has 0 atom stereocenters. The van der Waals surface area contributed by atoms with E-state index in [1.165, 1.54) is 0 Å². The van der Waals surface area contributed by atoms with E-state index in [0.29, 0.717) is 18.1 Å². The van der Waals surface area contributed by atoms with Gasteiger partial charge in [-0.1, -0.05) is 18.2 Å². The number of aryl methyl sites for hydroxylation is 1. The summed E-state index contributed by atoms with van der Waals surface area (Å²) in [7, 11) is 0. The second-order valence-corrected chi connectivity index (χ2v) is 6.90. The molecule has 1 aromatic heterocycles. The fraction of sp³-hybridized carbons (Fsp3) is 0.400. The van der Waals surface area contributed by atoms with Gasteiger partial charge in [-0.2, -0.15) is 0 Å². The first-order valence-electron chi connectivity index (χ1n) is 8.56. The number of para-hydroxylation sites is 1. The van der Waals surface area contributed by atoms with Crippen LogP contribution < -0.4 is 14.4 Å². The lowest BCUT2D eigenvalue weighted by molar-refractivity contribution is -0.120. The molecule has 132 valence electrons. The lowest BCUT2D eigenvalue weighted by Gasteiger charge is -2.21. The molecule has 0 fully saturated rings. The van der Waals surface area contributed by atoms with Crippen molar-refractivity contribution in [2.75, 3.05) is 18.1 Å². The van der Waals surface area contributed by atoms with E-state index < -0.39 is 0 Å². The van der Waals surface area contributed by atoms with Gasteiger partial charge in [-0.25, -0.2) is 4.98 Å². The highest BCUT2D eigenvalue weighted by Crippen LogP contribution is 2.41. The van der Waals surface area contributed by atoms with Gasteiger partial charge in [-0.05, 0) is 45.4 Å². The van der Waals surface area contributed by atoms with Crippen molar-refractivity contribution in [3.63, 3.8) is 0 Å². The third-order valence-electron chi connectivity index (χ3n) is 4.20. The van der Waals surface area contributed by atoms with Crippen LogP contribution in [0.15, 0.2) is 36.5 Å². The Morgan fingerprint density at radius 1 is 1.32 bits per heavy atom. The first-order valence-corrected chi connectivity index (χ1v) is 8.56. The van der Waals surface area contributed by atoms with Crippen LogP contribution in [-0.2, 0) is 11.2 Å². The minimum absolute atomic E-state index is 0.0519. The number of pyridine rings is 1. The summed E-state index contributed by atoms with van der Waals surface area (Å²) in [5.41, 5.74) is 1.93. The van der Waals surface area contributed by atoms with Gasteiger partial charge in [0.25, 0.3) is 5.91 Å². The number of likely N-dealkylation sites (N-methyl/N-ethyl adjacent to an activating group) is 1. The predicted molar refractivity (Wildman–Crippen MR) is 97.3 cm³/mol. The number of carbonyl (C=O) groups is 1. The number of ether oxygens (including phenoxy) is 2. The number of hydrogen-bond donors (Lipinski definition) is 0. The Labute approximate surface area is 148 Å². The van der Waals surface area contributed by atoms with E-state index in [1.807, 2.05) is 58.0 Å². The molecule has 0 saturated carbocycles. The number of rotatable bonds is 5. The van der Waals surface area contributed by atoms with Gasteiger partial charge in [0.1, 0.15) is 11.4 Å². The number of amides is 1. The molecule has 25 heavy (non-hydrogen) atoms. The number of anilines is 1. The Bertz CT molecular complexity index is 769. The van der Waals surface area contributed by atoms with E-state index in [0.717, 1.165) is 23.3 Å². The van der Waals surface area contributed by atoms with E-state index in [9.17, 15) is 4.79 Å². The molecule has 5 heteroatoms. The topological polar surface area (TPSA) is 51.7 Å². The molecule has 3 rings (SSSR count). The third-order valence-corrected chi connectivity index (χ3v) is 4.20. The summed E-state index contributed by atoms with van der Waals surface area (Å²) in [4.78, 5) is 18.5. The maximum atomic E-state index is 12.6. The van der Waals surface area contributed by atoms with Gasteiger partial charge in [-0.15, -0.1) is 0 Å². The van der Waals surface area contributed by atoms with Gasteiger partial charge in [0, 0.05) is 24.7 Å². The SMILES string of the molecule is CCN(C(=O)COc1cccc2c1OC(C)(C)C2)c1ccc(C)cn1. The Balaban J connectivity index is 1.71. The zero-order valence-electron chi connectivity index (χ0n) is 15.2. The molecule has 5 nitrogen and oxygen atoms in total. The second kappa shape index (κ2) is 6.75. The van der Waals surface area contributed by atoms with E-state index >= 15 is 0 Å². The summed E-state index contributed by atoms with van der Waals surface area (Å²) in [5.74, 6) is 1.87. The van der Waals surface area contributed by atoms with Crippen LogP contribution in [0.3, 0.4) is 0 Å². The van der Waals surface area contributed by atoms with Crippen molar-refractivity contribution < 1.29 is 14.3 Å². The highest BCUT2D eigenvalue weighted by molar-refractivity contribution is 5.93. The van der Waals surface area contributed by atoms with E-state index in [2.05, 4.69) is 4.98 Å². The highest BCUT2D eigenvalue weighted by atomic mass is 16.5. The summed E-state index contributed by atoms with van der Waals surface area (Å²) in [6, 6.07) is 9.60. The normalized spacial score (nSPS) is 14.6. The van der Waals surface area contributed by atoms with Gasteiger partial charge in [-0.3, -0.25) is 9.69 Å². The fourth-order valence-electron chi connectivity index (χ4n) is 3.00. The second-order valence-electron chi connectivity index (χ2n) is 6.90. The average molecular weight is 340 g/mol. The number of nitrogens with zero attached hydrogens (tertiary/aromatic N) is 2. The van der Waals surface area contributed by atoms with Crippen LogP contribution in [0.2, 0.25) is 0 Å². The molecule has 2 heterocycles. The van der Waals surface area contributed by atoms with Crippen molar-refractivity contribution in [2.45, 2.75) is 39.7 Å². The van der Waals surface area contributed by atoms with Crippen LogP contribution in [0.4, 0.5) is 5.82 Å². The minimum Gasteiger partial charge on any atom is -0.483 e. The monoisotopic (exact) mass is 340 g/mol. The first-order chi connectivity index (χ1) is 11.9. The Hall–Kier alpha value is -2.56. The molecule has 1 aromatic carbocycles. The average Bonchev–Trinajstić information content (AvgIpc) is 2.89. The smallest absolute Gasteiger partial charge is 0.266 e. The number of aromatic nitrogens is 1. The van der Waals surface area contributed by atoms with E-state index in [1.54, 1.807) is 11.1 Å². The molecule has 1 amide bonds. The third kappa shape index (κ3) is 3.76. The fourth-order valence-corrected chi connectivity index (χ4v) is 3.00. The first kappa shape index (κ1) is 17.3. The van der Waals surface area contributed by atoms with E-state index in [4.69, 9.17) is 9.47 Å². The maximum absolute atomic E-state index is 12.6. The zero-order chi connectivity index (χ0) is 18.0. The molecular formula is C20H24N2O3. The van der Waals surface area contributed by atoms with Crippen LogP contribution in [0.25, 0.3) is 0 Å². The van der Waals surface area contributed by atoms with Crippen molar-refractivity contribution in [1.29, 1.82) is 0 Å².